The van der Waals surface area contributed by atoms with Crippen LogP contribution < -0.4 is 0 Å². The van der Waals surface area contributed by atoms with Crippen molar-refractivity contribution in [3.05, 3.63) is 11.6 Å². The monoisotopic (exact) mass is 197 g/mol. The number of hydrogen-bond acceptors (Lipinski definition) is 3. The van der Waals surface area contributed by atoms with Crippen LogP contribution in [0.25, 0.3) is 0 Å². The largest absolute Gasteiger partial charge is 0.481 e. The van der Waals surface area contributed by atoms with Crippen LogP contribution in [0.4, 0.5) is 0 Å². The Kier molecular flexibility index (Phi) is 3.01. The number of carboxylic acids is 1. The summed E-state index contributed by atoms with van der Waals surface area (Å²) in [7, 11) is 0. The minimum absolute atomic E-state index is 0.0316. The second-order valence-corrected chi connectivity index (χ2v) is 3.12. The van der Waals surface area contributed by atoms with Gasteiger partial charge in [0, 0.05) is 24.6 Å². The zero-order valence-electron chi connectivity index (χ0n) is 7.82. The Bertz CT molecular complexity index is 319. The normalized spacial score (nSPS) is 16.1. The standard InChI is InChI=1S/C9H11NO4/c1-6-5-7(11)10(9(6)14)4-2-3-8(12)13/h5H,2-4H2,1H3,(H,12,13). The molecule has 0 spiro atoms. The van der Waals surface area contributed by atoms with Gasteiger partial charge in [0.25, 0.3) is 11.8 Å². The summed E-state index contributed by atoms with van der Waals surface area (Å²) in [4.78, 5) is 33.7. The molecule has 0 saturated heterocycles. The average molecular weight is 197 g/mol. The van der Waals surface area contributed by atoms with Crippen molar-refractivity contribution < 1.29 is 19.5 Å². The van der Waals surface area contributed by atoms with Crippen LogP contribution in [0.1, 0.15) is 19.8 Å². The van der Waals surface area contributed by atoms with Gasteiger partial charge in [-0.15, -0.1) is 0 Å². The predicted octanol–water partition coefficient (Wildman–Crippen LogP) is 0.166. The number of carboxylic acid groups (broad SMARTS) is 1. The molecule has 0 aromatic carbocycles. The second kappa shape index (κ2) is 4.04. The molecule has 1 heterocycles. The van der Waals surface area contributed by atoms with E-state index in [9.17, 15) is 14.4 Å². The fourth-order valence-electron chi connectivity index (χ4n) is 1.24. The maximum absolute atomic E-state index is 11.3. The first-order chi connectivity index (χ1) is 6.52. The van der Waals surface area contributed by atoms with Crippen molar-refractivity contribution in [2.75, 3.05) is 6.54 Å². The van der Waals surface area contributed by atoms with Gasteiger partial charge in [-0.25, -0.2) is 0 Å². The van der Waals surface area contributed by atoms with Gasteiger partial charge in [-0.05, 0) is 13.3 Å². The second-order valence-electron chi connectivity index (χ2n) is 3.12. The van der Waals surface area contributed by atoms with Crippen molar-refractivity contribution >= 4 is 17.8 Å². The predicted molar refractivity (Wildman–Crippen MR) is 47.3 cm³/mol. The summed E-state index contributed by atoms with van der Waals surface area (Å²) in [5, 5.41) is 8.37. The van der Waals surface area contributed by atoms with Crippen molar-refractivity contribution in [1.29, 1.82) is 0 Å². The highest BCUT2D eigenvalue weighted by atomic mass is 16.4. The third-order valence-electron chi connectivity index (χ3n) is 1.96. The first kappa shape index (κ1) is 10.4. The van der Waals surface area contributed by atoms with Crippen LogP contribution in [0.3, 0.4) is 0 Å². The van der Waals surface area contributed by atoms with Crippen molar-refractivity contribution in [2.45, 2.75) is 19.8 Å². The molecule has 0 fully saturated rings. The van der Waals surface area contributed by atoms with E-state index in [0.29, 0.717) is 12.0 Å². The highest BCUT2D eigenvalue weighted by Crippen LogP contribution is 2.12. The van der Waals surface area contributed by atoms with Gasteiger partial charge in [0.15, 0.2) is 0 Å². The number of hydrogen-bond donors (Lipinski definition) is 1. The molecule has 14 heavy (non-hydrogen) atoms. The molecule has 1 aliphatic rings. The molecule has 5 nitrogen and oxygen atoms in total. The van der Waals surface area contributed by atoms with E-state index in [1.807, 2.05) is 0 Å². The number of imide groups is 1. The highest BCUT2D eigenvalue weighted by molar-refractivity contribution is 6.15. The first-order valence-electron chi connectivity index (χ1n) is 4.28. The Labute approximate surface area is 81.0 Å². The molecule has 0 aromatic heterocycles. The molecule has 0 unspecified atom stereocenters. The molecule has 0 saturated carbocycles. The third kappa shape index (κ3) is 2.18. The molecule has 76 valence electrons. The maximum Gasteiger partial charge on any atom is 0.303 e. The Balaban J connectivity index is 2.44. The van der Waals surface area contributed by atoms with Crippen LogP contribution in [0, 0.1) is 0 Å². The average Bonchev–Trinajstić information content (AvgIpc) is 2.31. The van der Waals surface area contributed by atoms with Crippen molar-refractivity contribution in [3.63, 3.8) is 0 Å². The van der Waals surface area contributed by atoms with Gasteiger partial charge < -0.3 is 5.11 Å². The molecule has 0 bridgehead atoms. The Hall–Kier alpha value is -1.65. The van der Waals surface area contributed by atoms with Crippen LogP contribution in [0.15, 0.2) is 11.6 Å². The fourth-order valence-corrected chi connectivity index (χ4v) is 1.24. The van der Waals surface area contributed by atoms with Gasteiger partial charge in [0.05, 0.1) is 0 Å². The lowest BCUT2D eigenvalue weighted by atomic mass is 10.3. The number of amides is 2. The molecule has 1 N–H and O–H groups in total. The maximum atomic E-state index is 11.3. The van der Waals surface area contributed by atoms with Gasteiger partial charge >= 0.3 is 5.97 Å². The van der Waals surface area contributed by atoms with Gasteiger partial charge in [0.1, 0.15) is 0 Å². The third-order valence-corrected chi connectivity index (χ3v) is 1.96. The van der Waals surface area contributed by atoms with E-state index < -0.39 is 5.97 Å². The number of nitrogens with zero attached hydrogens (tertiary/aromatic N) is 1. The SMILES string of the molecule is CC1=CC(=O)N(CCCC(=O)O)C1=O. The summed E-state index contributed by atoms with van der Waals surface area (Å²) in [5.41, 5.74) is 0.408. The van der Waals surface area contributed by atoms with Crippen LogP contribution >= 0.6 is 0 Å². The zero-order valence-corrected chi connectivity index (χ0v) is 7.82. The van der Waals surface area contributed by atoms with Crippen molar-refractivity contribution in [1.82, 2.24) is 4.90 Å². The lowest BCUT2D eigenvalue weighted by molar-refractivity contribution is -0.140. The Morgan fingerprint density at radius 2 is 2.14 bits per heavy atom. The lowest BCUT2D eigenvalue weighted by Crippen LogP contribution is -2.32. The number of carbonyl (C=O) groups excluding carboxylic acids is 2. The molecular weight excluding hydrogens is 186 g/mol. The smallest absolute Gasteiger partial charge is 0.303 e. The van der Waals surface area contributed by atoms with E-state index in [1.165, 1.54) is 6.08 Å². The van der Waals surface area contributed by atoms with Gasteiger partial charge in [-0.1, -0.05) is 0 Å². The summed E-state index contributed by atoms with van der Waals surface area (Å²) in [6.45, 7) is 1.75. The summed E-state index contributed by atoms with van der Waals surface area (Å²) in [5.74, 6) is -1.59. The van der Waals surface area contributed by atoms with Gasteiger partial charge in [0.2, 0.25) is 0 Å². The lowest BCUT2D eigenvalue weighted by Gasteiger charge is -2.12. The molecule has 1 rings (SSSR count). The quantitative estimate of drug-likeness (QED) is 0.652. The minimum atomic E-state index is -0.922. The fraction of sp³-hybridized carbons (Fsp3) is 0.444. The van der Waals surface area contributed by atoms with Crippen LogP contribution in [0.5, 0.6) is 0 Å². The van der Waals surface area contributed by atoms with Crippen LogP contribution in [-0.2, 0) is 14.4 Å². The molecule has 5 heteroatoms. The van der Waals surface area contributed by atoms with Crippen molar-refractivity contribution in [2.24, 2.45) is 0 Å². The molecule has 2 amide bonds. The number of carbonyl (C=O) groups is 3. The molecule has 0 radical (unpaired) electrons. The van der Waals surface area contributed by atoms with E-state index in [0.717, 1.165) is 4.90 Å². The zero-order chi connectivity index (χ0) is 10.7. The Morgan fingerprint density at radius 1 is 1.50 bits per heavy atom. The highest BCUT2D eigenvalue weighted by Gasteiger charge is 2.27. The van der Waals surface area contributed by atoms with Crippen LogP contribution in [-0.4, -0.2) is 34.3 Å². The number of aliphatic carboxylic acids is 1. The Morgan fingerprint density at radius 3 is 2.57 bits per heavy atom. The molecular formula is C9H11NO4. The summed E-state index contributed by atoms with van der Waals surface area (Å²) >= 11 is 0. The van der Waals surface area contributed by atoms with E-state index in [2.05, 4.69) is 0 Å². The van der Waals surface area contributed by atoms with E-state index >= 15 is 0 Å². The minimum Gasteiger partial charge on any atom is -0.481 e. The number of rotatable bonds is 4. The molecule has 0 atom stereocenters. The topological polar surface area (TPSA) is 74.7 Å². The van der Waals surface area contributed by atoms with Gasteiger partial charge in [-0.2, -0.15) is 0 Å². The molecule has 0 aliphatic carbocycles. The summed E-state index contributed by atoms with van der Waals surface area (Å²) in [6, 6.07) is 0. The van der Waals surface area contributed by atoms with Gasteiger partial charge in [-0.3, -0.25) is 19.3 Å². The van der Waals surface area contributed by atoms with E-state index in [-0.39, 0.29) is 24.8 Å². The summed E-state index contributed by atoms with van der Waals surface area (Å²) < 4.78 is 0. The van der Waals surface area contributed by atoms with E-state index in [4.69, 9.17) is 5.11 Å². The summed E-state index contributed by atoms with van der Waals surface area (Å²) in [6.07, 6.45) is 1.53. The first-order valence-corrected chi connectivity index (χ1v) is 4.28. The molecule has 0 aromatic rings. The van der Waals surface area contributed by atoms with E-state index in [1.54, 1.807) is 6.92 Å². The van der Waals surface area contributed by atoms with Crippen LogP contribution in [0.2, 0.25) is 0 Å². The molecule has 1 aliphatic heterocycles. The van der Waals surface area contributed by atoms with Crippen molar-refractivity contribution in [3.8, 4) is 0 Å².